The van der Waals surface area contributed by atoms with E-state index >= 15 is 0 Å². The number of esters is 1. The summed E-state index contributed by atoms with van der Waals surface area (Å²) in [6.07, 6.45) is 7.53. The summed E-state index contributed by atoms with van der Waals surface area (Å²) < 4.78 is 38.3. The molecular weight excluding hydrogens is 340 g/mol. The van der Waals surface area contributed by atoms with Crippen molar-refractivity contribution < 1.29 is 23.0 Å². The van der Waals surface area contributed by atoms with E-state index in [1.54, 1.807) is 6.07 Å². The monoisotopic (exact) mass is 365 g/mol. The smallest absolute Gasteiger partial charge is 0.314 e. The average Bonchev–Trinajstić information content (AvgIpc) is 2.66. The number of benzene rings is 1. The fourth-order valence-electron chi connectivity index (χ4n) is 3.13. The van der Waals surface area contributed by atoms with Gasteiger partial charge in [-0.2, -0.15) is 9.65 Å². The topological polar surface area (TPSA) is 59.3 Å². The van der Waals surface area contributed by atoms with Crippen LogP contribution in [0.15, 0.2) is 12.1 Å². The molecule has 26 heavy (non-hydrogen) atoms. The zero-order chi connectivity index (χ0) is 18.9. The van der Waals surface area contributed by atoms with E-state index in [1.807, 2.05) is 0 Å². The van der Waals surface area contributed by atoms with Crippen molar-refractivity contribution in [1.29, 1.82) is 5.26 Å². The molecule has 2 rings (SSSR count). The second kappa shape index (κ2) is 10.2. The number of hydrogen-bond donors (Lipinski definition) is 0. The van der Waals surface area contributed by atoms with Gasteiger partial charge in [0.1, 0.15) is 6.07 Å². The fraction of sp³-hybridized carbons (Fsp3) is 0.600. The number of nitrogens with zero attached hydrogens (tertiary/aromatic N) is 1. The van der Waals surface area contributed by atoms with E-state index in [9.17, 15) is 13.6 Å². The third-order valence-corrected chi connectivity index (χ3v) is 4.74. The quantitative estimate of drug-likeness (QED) is 0.374. The van der Waals surface area contributed by atoms with Crippen LogP contribution in [-0.2, 0) is 9.53 Å². The van der Waals surface area contributed by atoms with E-state index in [1.165, 1.54) is 19.3 Å². The molecule has 0 aliphatic heterocycles. The minimum Gasteiger partial charge on any atom is -0.423 e. The molecule has 1 aliphatic carbocycles. The fourth-order valence-corrected chi connectivity index (χ4v) is 3.13. The Morgan fingerprint density at radius 2 is 1.88 bits per heavy atom. The van der Waals surface area contributed by atoms with E-state index in [4.69, 9.17) is 14.7 Å². The largest absolute Gasteiger partial charge is 0.423 e. The summed E-state index contributed by atoms with van der Waals surface area (Å²) in [6, 6.07) is 3.76. The summed E-state index contributed by atoms with van der Waals surface area (Å²) in [5.74, 6) is -3.97. The molecule has 1 aliphatic rings. The molecule has 0 amide bonds. The van der Waals surface area contributed by atoms with Gasteiger partial charge < -0.3 is 9.47 Å². The van der Waals surface area contributed by atoms with Gasteiger partial charge in [-0.15, -0.1) is 0 Å². The van der Waals surface area contributed by atoms with E-state index in [-0.39, 0.29) is 12.0 Å². The molecule has 1 aromatic carbocycles. The van der Waals surface area contributed by atoms with Crippen molar-refractivity contribution in [2.24, 2.45) is 5.92 Å². The maximum Gasteiger partial charge on any atom is 0.314 e. The van der Waals surface area contributed by atoms with Crippen molar-refractivity contribution in [3.05, 3.63) is 29.3 Å². The highest BCUT2D eigenvalue weighted by Crippen LogP contribution is 2.29. The number of carbonyl (C=O) groups excluding carboxylic acids is 1. The van der Waals surface area contributed by atoms with Gasteiger partial charge in [-0.3, -0.25) is 4.79 Å². The highest BCUT2D eigenvalue weighted by molar-refractivity contribution is 5.75. The molecule has 0 bridgehead atoms. The van der Waals surface area contributed by atoms with Crippen LogP contribution in [-0.4, -0.2) is 18.7 Å². The maximum atomic E-state index is 13.8. The first kappa shape index (κ1) is 20.3. The Hall–Kier alpha value is -2.00. The minimum absolute atomic E-state index is 0.157. The number of ether oxygens (including phenoxy) is 2. The Morgan fingerprint density at radius 1 is 1.15 bits per heavy atom. The lowest BCUT2D eigenvalue weighted by Gasteiger charge is -2.27. The van der Waals surface area contributed by atoms with Gasteiger partial charge in [-0.1, -0.05) is 26.2 Å². The van der Waals surface area contributed by atoms with Gasteiger partial charge in [-0.05, 0) is 44.2 Å². The average molecular weight is 365 g/mol. The molecular formula is C20H25F2NO3. The molecule has 0 unspecified atom stereocenters. The third-order valence-electron chi connectivity index (χ3n) is 4.74. The lowest BCUT2D eigenvalue weighted by Crippen LogP contribution is -2.29. The second-order valence-electron chi connectivity index (χ2n) is 6.68. The van der Waals surface area contributed by atoms with Gasteiger partial charge in [0, 0.05) is 6.61 Å². The Kier molecular flexibility index (Phi) is 7.99. The van der Waals surface area contributed by atoms with Gasteiger partial charge >= 0.3 is 5.97 Å². The van der Waals surface area contributed by atoms with Crippen LogP contribution in [0, 0.1) is 28.9 Å². The zero-order valence-electron chi connectivity index (χ0n) is 15.1. The minimum atomic E-state index is -1.30. The Balaban J connectivity index is 1.78. The summed E-state index contributed by atoms with van der Waals surface area (Å²) in [7, 11) is 0. The SMILES string of the molecule is CCCCCCO[C@H]1CC[C@H](C(=O)Oc2ccc(C#N)c(F)c2F)CC1. The lowest BCUT2D eigenvalue weighted by molar-refractivity contribution is -0.141. The molecule has 0 heterocycles. The molecule has 4 nitrogen and oxygen atoms in total. The van der Waals surface area contributed by atoms with Crippen LogP contribution in [0.4, 0.5) is 8.78 Å². The van der Waals surface area contributed by atoms with Gasteiger partial charge in [-0.25, -0.2) is 4.39 Å². The van der Waals surface area contributed by atoms with Crippen LogP contribution in [0.2, 0.25) is 0 Å². The van der Waals surface area contributed by atoms with Crippen LogP contribution < -0.4 is 4.74 Å². The Bertz CT molecular complexity index is 649. The number of nitriles is 1. The summed E-state index contributed by atoms with van der Waals surface area (Å²) in [6.45, 7) is 2.91. The summed E-state index contributed by atoms with van der Waals surface area (Å²) in [5, 5.41) is 8.67. The zero-order valence-corrected chi connectivity index (χ0v) is 15.1. The molecule has 1 saturated carbocycles. The molecule has 1 fully saturated rings. The lowest BCUT2D eigenvalue weighted by atomic mass is 9.87. The summed E-state index contributed by atoms with van der Waals surface area (Å²) in [5.41, 5.74) is -0.418. The van der Waals surface area contributed by atoms with Crippen LogP contribution in [0.5, 0.6) is 5.75 Å². The first-order valence-corrected chi connectivity index (χ1v) is 9.28. The summed E-state index contributed by atoms with van der Waals surface area (Å²) >= 11 is 0. The number of hydrogen-bond acceptors (Lipinski definition) is 4. The molecule has 0 spiro atoms. The Morgan fingerprint density at radius 3 is 2.54 bits per heavy atom. The van der Waals surface area contributed by atoms with Crippen molar-refractivity contribution >= 4 is 5.97 Å². The van der Waals surface area contributed by atoms with Crippen molar-refractivity contribution in [3.8, 4) is 11.8 Å². The standard InChI is InChI=1S/C20H25F2NO3/c1-2-3-4-5-12-25-16-9-6-14(7-10-16)20(24)26-17-11-8-15(13-23)18(21)19(17)22/h8,11,14,16H,2-7,9-10,12H2,1H3/t14-,16-. The van der Waals surface area contributed by atoms with E-state index in [0.717, 1.165) is 38.0 Å². The van der Waals surface area contributed by atoms with E-state index < -0.39 is 28.9 Å². The molecule has 0 N–H and O–H groups in total. The summed E-state index contributed by atoms with van der Waals surface area (Å²) in [4.78, 5) is 12.2. The molecule has 0 atom stereocenters. The van der Waals surface area contributed by atoms with Crippen LogP contribution in [0.1, 0.15) is 63.9 Å². The normalized spacial score (nSPS) is 19.8. The molecule has 0 saturated heterocycles. The van der Waals surface area contributed by atoms with E-state index in [2.05, 4.69) is 6.92 Å². The molecule has 0 radical (unpaired) electrons. The number of unbranched alkanes of at least 4 members (excludes halogenated alkanes) is 3. The predicted molar refractivity (Wildman–Crippen MR) is 92.5 cm³/mol. The van der Waals surface area contributed by atoms with Crippen molar-refractivity contribution in [3.63, 3.8) is 0 Å². The molecule has 1 aromatic rings. The Labute approximate surface area is 153 Å². The van der Waals surface area contributed by atoms with Gasteiger partial charge in [0.25, 0.3) is 0 Å². The van der Waals surface area contributed by atoms with Gasteiger partial charge in [0.2, 0.25) is 5.82 Å². The first-order valence-electron chi connectivity index (χ1n) is 9.28. The van der Waals surface area contributed by atoms with Crippen LogP contribution in [0.3, 0.4) is 0 Å². The van der Waals surface area contributed by atoms with Crippen molar-refractivity contribution in [1.82, 2.24) is 0 Å². The number of carbonyl (C=O) groups is 1. The second-order valence-corrected chi connectivity index (χ2v) is 6.68. The van der Waals surface area contributed by atoms with Gasteiger partial charge in [0.15, 0.2) is 11.6 Å². The van der Waals surface area contributed by atoms with Crippen LogP contribution in [0.25, 0.3) is 0 Å². The number of rotatable bonds is 8. The molecule has 0 aromatic heterocycles. The molecule has 142 valence electrons. The van der Waals surface area contributed by atoms with Crippen molar-refractivity contribution in [2.45, 2.75) is 64.4 Å². The van der Waals surface area contributed by atoms with Crippen LogP contribution >= 0.6 is 0 Å². The highest BCUT2D eigenvalue weighted by Gasteiger charge is 2.29. The van der Waals surface area contributed by atoms with Gasteiger partial charge in [0.05, 0.1) is 17.6 Å². The van der Waals surface area contributed by atoms with Crippen molar-refractivity contribution in [2.75, 3.05) is 6.61 Å². The predicted octanol–water partition coefficient (Wildman–Crippen LogP) is 4.90. The molecule has 6 heteroatoms. The first-order chi connectivity index (χ1) is 12.6. The highest BCUT2D eigenvalue weighted by atomic mass is 19.2. The third kappa shape index (κ3) is 5.50. The van der Waals surface area contributed by atoms with E-state index in [0.29, 0.717) is 12.8 Å². The number of halogens is 2. The maximum absolute atomic E-state index is 13.8.